The van der Waals surface area contributed by atoms with Crippen molar-refractivity contribution < 1.29 is 14.0 Å². The number of hydrogen-bond donors (Lipinski definition) is 3. The summed E-state index contributed by atoms with van der Waals surface area (Å²) in [6.45, 7) is 0.699. The van der Waals surface area contributed by atoms with Crippen LogP contribution in [0.4, 0.5) is 15.1 Å². The summed E-state index contributed by atoms with van der Waals surface area (Å²) in [5.74, 6) is -0.107. The number of amides is 2. The maximum Gasteiger partial charge on any atom is 0.290 e. The van der Waals surface area contributed by atoms with Crippen LogP contribution in [0, 0.1) is 5.82 Å². The molecular weight excluding hydrogens is 485 g/mol. The molecule has 3 aromatic rings. The first-order valence-corrected chi connectivity index (χ1v) is 13.1. The van der Waals surface area contributed by atoms with Gasteiger partial charge in [0.2, 0.25) is 5.95 Å². The van der Waals surface area contributed by atoms with Crippen molar-refractivity contribution in [3.05, 3.63) is 70.0 Å². The van der Waals surface area contributed by atoms with E-state index in [4.69, 9.17) is 0 Å². The normalized spacial score (nSPS) is 21.3. The monoisotopic (exact) mass is 509 g/mol. The molecule has 0 spiro atoms. The highest BCUT2D eigenvalue weighted by molar-refractivity contribution is 8.18. The highest BCUT2D eigenvalue weighted by Gasteiger charge is 2.25. The second kappa shape index (κ2) is 10.7. The molecule has 1 aromatic carbocycles. The van der Waals surface area contributed by atoms with Crippen molar-refractivity contribution in [2.24, 2.45) is 0 Å². The van der Waals surface area contributed by atoms with Gasteiger partial charge in [-0.2, -0.15) is 0 Å². The number of nitrogens with one attached hydrogen (secondary N) is 3. The Bertz CT molecular complexity index is 1260. The molecule has 0 bridgehead atoms. The van der Waals surface area contributed by atoms with E-state index >= 15 is 0 Å². The van der Waals surface area contributed by atoms with E-state index in [-0.39, 0.29) is 17.1 Å². The number of benzene rings is 1. The van der Waals surface area contributed by atoms with Crippen molar-refractivity contribution in [1.82, 2.24) is 20.6 Å². The van der Waals surface area contributed by atoms with Crippen molar-refractivity contribution >= 4 is 46.3 Å². The molecule has 2 aromatic heterocycles. The Morgan fingerprint density at radius 2 is 1.94 bits per heavy atom. The third-order valence-electron chi connectivity index (χ3n) is 6.10. The Morgan fingerprint density at radius 1 is 1.11 bits per heavy atom. The van der Waals surface area contributed by atoms with Crippen LogP contribution in [0.5, 0.6) is 0 Å². The minimum absolute atomic E-state index is 0.218. The average Bonchev–Trinajstić information content (AvgIpc) is 3.49. The standard InChI is InChI=1S/C25H24FN5O2S2/c26-16-4-3-15(20(12-16)21-2-1-11-34-21)14-28-17-5-7-18(8-6-17)29-24-27-10-9-19(30-24)13-22-23(32)31-25(33)35-22/h1-4,9-13,17-18,28H,5-8,14H2,(H,27,29,30)(H,31,32,33)/b22-13-/t17-,18-. The molecule has 0 atom stereocenters. The van der Waals surface area contributed by atoms with E-state index in [9.17, 15) is 14.0 Å². The number of imide groups is 1. The lowest BCUT2D eigenvalue weighted by Gasteiger charge is -2.30. The molecule has 10 heteroatoms. The highest BCUT2D eigenvalue weighted by atomic mass is 32.2. The molecule has 180 valence electrons. The number of carbonyl (C=O) groups is 2. The van der Waals surface area contributed by atoms with Crippen LogP contribution in [0.2, 0.25) is 0 Å². The van der Waals surface area contributed by atoms with Crippen LogP contribution in [-0.4, -0.2) is 33.2 Å². The number of halogens is 1. The zero-order chi connectivity index (χ0) is 24.2. The van der Waals surface area contributed by atoms with Crippen LogP contribution in [-0.2, 0) is 11.3 Å². The van der Waals surface area contributed by atoms with Crippen LogP contribution >= 0.6 is 23.1 Å². The van der Waals surface area contributed by atoms with Gasteiger partial charge in [-0.05, 0) is 84.3 Å². The molecule has 1 saturated carbocycles. The summed E-state index contributed by atoms with van der Waals surface area (Å²) in [6, 6.07) is 11.4. The Balaban J connectivity index is 1.14. The Hall–Kier alpha value is -3.08. The summed E-state index contributed by atoms with van der Waals surface area (Å²) < 4.78 is 13.8. The highest BCUT2D eigenvalue weighted by Crippen LogP contribution is 2.30. The van der Waals surface area contributed by atoms with E-state index in [1.54, 1.807) is 35.7 Å². The fourth-order valence-electron chi connectivity index (χ4n) is 4.32. The molecule has 35 heavy (non-hydrogen) atoms. The van der Waals surface area contributed by atoms with Crippen LogP contribution in [0.15, 0.2) is 52.9 Å². The molecule has 2 amide bonds. The van der Waals surface area contributed by atoms with E-state index in [2.05, 4.69) is 25.9 Å². The fraction of sp³-hybridized carbons (Fsp3) is 0.280. The maximum absolute atomic E-state index is 13.8. The first-order valence-electron chi connectivity index (χ1n) is 11.4. The van der Waals surface area contributed by atoms with Gasteiger partial charge in [-0.15, -0.1) is 11.3 Å². The summed E-state index contributed by atoms with van der Waals surface area (Å²) in [4.78, 5) is 33.3. The molecule has 7 nitrogen and oxygen atoms in total. The number of anilines is 1. The smallest absolute Gasteiger partial charge is 0.290 e. The van der Waals surface area contributed by atoms with Crippen LogP contribution in [0.3, 0.4) is 0 Å². The lowest BCUT2D eigenvalue weighted by Crippen LogP contribution is -2.37. The predicted molar refractivity (Wildman–Crippen MR) is 137 cm³/mol. The number of nitrogens with zero attached hydrogens (tertiary/aromatic N) is 2. The molecule has 0 unspecified atom stereocenters. The molecule has 2 fully saturated rings. The van der Waals surface area contributed by atoms with Crippen LogP contribution < -0.4 is 16.0 Å². The molecule has 3 N–H and O–H groups in total. The van der Waals surface area contributed by atoms with Gasteiger partial charge in [0.05, 0.1) is 10.6 Å². The zero-order valence-corrected chi connectivity index (χ0v) is 20.4. The minimum Gasteiger partial charge on any atom is -0.351 e. The quantitative estimate of drug-likeness (QED) is 0.378. The summed E-state index contributed by atoms with van der Waals surface area (Å²) in [6.07, 6.45) is 7.20. The Morgan fingerprint density at radius 3 is 2.69 bits per heavy atom. The van der Waals surface area contributed by atoms with Gasteiger partial charge < -0.3 is 10.6 Å². The SMILES string of the molecule is O=C1NC(=O)/C(=C/c2ccnc(N[C@H]3CC[C@H](NCc4ccc(F)cc4-c4cccs4)CC3)n2)S1. The zero-order valence-electron chi connectivity index (χ0n) is 18.8. The van der Waals surface area contributed by atoms with Gasteiger partial charge in [0.1, 0.15) is 5.82 Å². The van der Waals surface area contributed by atoms with Gasteiger partial charge in [-0.25, -0.2) is 14.4 Å². The van der Waals surface area contributed by atoms with Crippen LogP contribution in [0.1, 0.15) is 36.9 Å². The van der Waals surface area contributed by atoms with Gasteiger partial charge in [0, 0.05) is 29.7 Å². The van der Waals surface area contributed by atoms with Crippen molar-refractivity contribution in [3.63, 3.8) is 0 Å². The first-order chi connectivity index (χ1) is 17.0. The number of rotatable bonds is 7. The van der Waals surface area contributed by atoms with E-state index in [0.29, 0.717) is 29.1 Å². The average molecular weight is 510 g/mol. The van der Waals surface area contributed by atoms with E-state index in [0.717, 1.165) is 53.4 Å². The Labute approximate surface area is 210 Å². The molecular formula is C25H24FN5O2S2. The molecule has 1 aliphatic carbocycles. The third kappa shape index (κ3) is 5.95. The second-order valence-corrected chi connectivity index (χ2v) is 10.5. The second-order valence-electron chi connectivity index (χ2n) is 8.51. The summed E-state index contributed by atoms with van der Waals surface area (Å²) in [7, 11) is 0. The maximum atomic E-state index is 13.8. The third-order valence-corrected chi connectivity index (χ3v) is 7.81. The molecule has 0 radical (unpaired) electrons. The lowest BCUT2D eigenvalue weighted by molar-refractivity contribution is -0.115. The van der Waals surface area contributed by atoms with E-state index in [1.807, 2.05) is 23.6 Å². The fourth-order valence-corrected chi connectivity index (χ4v) is 5.77. The van der Waals surface area contributed by atoms with Gasteiger partial charge in [-0.1, -0.05) is 12.1 Å². The largest absolute Gasteiger partial charge is 0.351 e. The predicted octanol–water partition coefficient (Wildman–Crippen LogP) is 5.18. The van der Waals surface area contributed by atoms with Gasteiger partial charge >= 0.3 is 0 Å². The summed E-state index contributed by atoms with van der Waals surface area (Å²) in [5, 5.41) is 10.9. The van der Waals surface area contributed by atoms with Crippen LogP contribution in [0.25, 0.3) is 16.5 Å². The number of aromatic nitrogens is 2. The topological polar surface area (TPSA) is 96.0 Å². The first kappa shape index (κ1) is 23.7. The Kier molecular flexibility index (Phi) is 7.21. The van der Waals surface area contributed by atoms with Gasteiger partial charge in [0.25, 0.3) is 11.1 Å². The number of carbonyl (C=O) groups excluding carboxylic acids is 2. The van der Waals surface area contributed by atoms with E-state index in [1.165, 1.54) is 6.07 Å². The minimum atomic E-state index is -0.401. The lowest BCUT2D eigenvalue weighted by atomic mass is 9.91. The number of thiophene rings is 1. The molecule has 3 heterocycles. The van der Waals surface area contributed by atoms with Crippen molar-refractivity contribution in [2.45, 2.75) is 44.3 Å². The molecule has 1 aliphatic heterocycles. The van der Waals surface area contributed by atoms with Gasteiger partial charge in [0.15, 0.2) is 0 Å². The summed E-state index contributed by atoms with van der Waals surface area (Å²) >= 11 is 2.49. The number of hydrogen-bond acceptors (Lipinski definition) is 8. The molecule has 2 aliphatic rings. The number of thioether (sulfide) groups is 1. The summed E-state index contributed by atoms with van der Waals surface area (Å²) in [5.41, 5.74) is 2.63. The van der Waals surface area contributed by atoms with Crippen molar-refractivity contribution in [2.75, 3.05) is 5.32 Å². The van der Waals surface area contributed by atoms with Crippen molar-refractivity contribution in [3.8, 4) is 10.4 Å². The van der Waals surface area contributed by atoms with Gasteiger partial charge in [-0.3, -0.25) is 14.9 Å². The molecule has 1 saturated heterocycles. The van der Waals surface area contributed by atoms with Crippen molar-refractivity contribution in [1.29, 1.82) is 0 Å². The molecule has 5 rings (SSSR count). The van der Waals surface area contributed by atoms with E-state index < -0.39 is 5.91 Å².